The van der Waals surface area contributed by atoms with Crippen molar-refractivity contribution in [2.24, 2.45) is 0 Å². The van der Waals surface area contributed by atoms with Crippen molar-refractivity contribution in [3.05, 3.63) is 52.0 Å². The molecule has 0 fully saturated rings. The molecule has 13 heteroatoms. The van der Waals surface area contributed by atoms with Gasteiger partial charge in [-0.1, -0.05) is 28.4 Å². The molecular weight excluding hydrogens is 479 g/mol. The molecule has 3 heterocycles. The van der Waals surface area contributed by atoms with E-state index in [4.69, 9.17) is 37.6 Å². The number of alkyl halides is 3. The number of halogens is 6. The molecule has 1 N–H and O–H groups in total. The van der Waals surface area contributed by atoms with E-state index in [1.165, 1.54) is 12.3 Å². The second-order valence-electron chi connectivity index (χ2n) is 6.73. The lowest BCUT2D eigenvalue weighted by Gasteiger charge is -2.13. The first-order valence-corrected chi connectivity index (χ1v) is 9.69. The lowest BCUT2D eigenvalue weighted by atomic mass is 10.2. The fraction of sp³-hybridized carbons (Fsp3) is 0.211. The van der Waals surface area contributed by atoms with Gasteiger partial charge in [0.1, 0.15) is 11.8 Å². The van der Waals surface area contributed by atoms with Crippen LogP contribution < -0.4 is 4.74 Å². The summed E-state index contributed by atoms with van der Waals surface area (Å²) in [6, 6.07) is 3.00. The van der Waals surface area contributed by atoms with E-state index >= 15 is 0 Å². The van der Waals surface area contributed by atoms with Gasteiger partial charge in [0.25, 0.3) is 5.89 Å². The number of aliphatic hydroxyl groups is 1. The zero-order chi connectivity index (χ0) is 23.2. The van der Waals surface area contributed by atoms with Gasteiger partial charge in [0, 0.05) is 24.0 Å². The Morgan fingerprint density at radius 3 is 2.59 bits per heavy atom. The van der Waals surface area contributed by atoms with Crippen LogP contribution in [-0.2, 0) is 6.18 Å². The van der Waals surface area contributed by atoms with Gasteiger partial charge < -0.3 is 18.8 Å². The predicted molar refractivity (Wildman–Crippen MR) is 106 cm³/mol. The van der Waals surface area contributed by atoms with Gasteiger partial charge in [-0.05, 0) is 19.1 Å². The number of hydrogen-bond acceptors (Lipinski definition) is 6. The normalized spacial score (nSPS) is 13.0. The lowest BCUT2D eigenvalue weighted by molar-refractivity contribution is -0.137. The van der Waals surface area contributed by atoms with E-state index in [0.29, 0.717) is 0 Å². The van der Waals surface area contributed by atoms with Gasteiger partial charge in [0.15, 0.2) is 17.2 Å². The summed E-state index contributed by atoms with van der Waals surface area (Å²) in [4.78, 5) is 8.23. The van der Waals surface area contributed by atoms with Gasteiger partial charge in [-0.3, -0.25) is 0 Å². The molecule has 0 saturated carbocycles. The first kappa shape index (κ1) is 22.3. The van der Waals surface area contributed by atoms with Crippen molar-refractivity contribution < 1.29 is 31.9 Å². The molecule has 0 aliphatic carbocycles. The number of rotatable bonds is 5. The Morgan fingerprint density at radius 1 is 1.16 bits per heavy atom. The molecule has 3 aromatic heterocycles. The van der Waals surface area contributed by atoms with Crippen LogP contribution >= 0.6 is 23.2 Å². The van der Waals surface area contributed by atoms with Crippen molar-refractivity contribution in [1.29, 1.82) is 0 Å². The third-order valence-electron chi connectivity index (χ3n) is 4.33. The Balaban J connectivity index is 1.69. The maximum atomic E-state index is 14.4. The number of benzene rings is 1. The van der Waals surface area contributed by atoms with Crippen LogP contribution in [0.3, 0.4) is 0 Å². The smallest absolute Gasteiger partial charge is 0.417 e. The van der Waals surface area contributed by atoms with Crippen LogP contribution in [0.25, 0.3) is 28.6 Å². The second-order valence-corrected chi connectivity index (χ2v) is 7.54. The summed E-state index contributed by atoms with van der Waals surface area (Å²) in [6.45, 7) is 1.23. The third kappa shape index (κ3) is 4.23. The largest absolute Gasteiger partial charge is 0.485 e. The van der Waals surface area contributed by atoms with Gasteiger partial charge in [-0.2, -0.15) is 18.2 Å². The monoisotopic (exact) mass is 490 g/mol. The first-order valence-electron chi connectivity index (χ1n) is 8.93. The summed E-state index contributed by atoms with van der Waals surface area (Å²) >= 11 is 12.1. The summed E-state index contributed by atoms with van der Waals surface area (Å²) in [7, 11) is 0. The van der Waals surface area contributed by atoms with Crippen LogP contribution in [0.2, 0.25) is 10.0 Å². The predicted octanol–water partition coefficient (Wildman–Crippen LogP) is 5.28. The number of pyridine rings is 1. The number of imidazole rings is 1. The highest BCUT2D eigenvalue weighted by atomic mass is 35.5. The summed E-state index contributed by atoms with van der Waals surface area (Å²) < 4.78 is 64.9. The summed E-state index contributed by atoms with van der Waals surface area (Å²) in [5.74, 6) is -1.15. The first-order chi connectivity index (χ1) is 15.1. The number of nitrogens with zero attached hydrogens (tertiary/aromatic N) is 4. The summed E-state index contributed by atoms with van der Waals surface area (Å²) in [6.07, 6.45) is -3.18. The molecule has 7 nitrogen and oxygen atoms in total. The molecule has 4 rings (SSSR count). The van der Waals surface area contributed by atoms with E-state index in [2.05, 4.69) is 15.1 Å². The van der Waals surface area contributed by atoms with Crippen molar-refractivity contribution in [3.63, 3.8) is 0 Å². The minimum absolute atomic E-state index is 0.0479. The van der Waals surface area contributed by atoms with Gasteiger partial charge in [-0.25, -0.2) is 9.37 Å². The van der Waals surface area contributed by atoms with Crippen molar-refractivity contribution >= 4 is 28.8 Å². The van der Waals surface area contributed by atoms with E-state index < -0.39 is 23.7 Å². The van der Waals surface area contributed by atoms with Crippen LogP contribution in [0.15, 0.2) is 35.1 Å². The Hall–Kier alpha value is -2.89. The molecule has 0 saturated heterocycles. The highest BCUT2D eigenvalue weighted by Gasteiger charge is 2.32. The molecule has 0 radical (unpaired) electrons. The molecule has 32 heavy (non-hydrogen) atoms. The SMILES string of the molecule is C[C@@H](CO)Oc1cc(Cl)c(-c2noc(-c3cn4cc(C(F)(F)F)cc(Cl)c4n3)n2)cc1F. The highest BCUT2D eigenvalue weighted by molar-refractivity contribution is 6.33. The minimum atomic E-state index is -4.59. The van der Waals surface area contributed by atoms with E-state index in [-0.39, 0.29) is 51.0 Å². The molecule has 4 aromatic rings. The van der Waals surface area contributed by atoms with Crippen molar-refractivity contribution in [2.75, 3.05) is 6.61 Å². The Kier molecular flexibility index (Phi) is 5.74. The average Bonchev–Trinajstić information content (AvgIpc) is 3.37. The van der Waals surface area contributed by atoms with E-state index in [9.17, 15) is 17.6 Å². The summed E-state index contributed by atoms with van der Waals surface area (Å²) in [5.41, 5.74) is -0.758. The maximum absolute atomic E-state index is 14.4. The van der Waals surface area contributed by atoms with Gasteiger partial charge >= 0.3 is 6.18 Å². The summed E-state index contributed by atoms with van der Waals surface area (Å²) in [5, 5.41) is 12.6. The molecule has 1 atom stereocenters. The zero-order valence-electron chi connectivity index (χ0n) is 16.0. The van der Waals surface area contributed by atoms with Crippen molar-refractivity contribution in [2.45, 2.75) is 19.2 Å². The van der Waals surface area contributed by atoms with E-state index in [1.54, 1.807) is 6.92 Å². The van der Waals surface area contributed by atoms with Crippen molar-refractivity contribution in [1.82, 2.24) is 19.5 Å². The second kappa shape index (κ2) is 8.23. The fourth-order valence-corrected chi connectivity index (χ4v) is 3.29. The molecule has 0 aliphatic rings. The fourth-order valence-electron chi connectivity index (χ4n) is 2.80. The van der Waals surface area contributed by atoms with E-state index in [0.717, 1.165) is 22.7 Å². The molecule has 0 aliphatic heterocycles. The Bertz CT molecular complexity index is 1310. The Morgan fingerprint density at radius 2 is 1.91 bits per heavy atom. The number of aromatic nitrogens is 4. The third-order valence-corrected chi connectivity index (χ3v) is 4.92. The number of ether oxygens (including phenoxy) is 1. The van der Waals surface area contributed by atoms with Gasteiger partial charge in [0.2, 0.25) is 5.82 Å². The van der Waals surface area contributed by atoms with Gasteiger partial charge in [0.05, 0.1) is 22.2 Å². The van der Waals surface area contributed by atoms with Crippen LogP contribution in [0.4, 0.5) is 17.6 Å². The number of hydrogen-bond donors (Lipinski definition) is 1. The number of aliphatic hydroxyl groups excluding tert-OH is 1. The minimum Gasteiger partial charge on any atom is -0.485 e. The molecule has 0 spiro atoms. The molecular formula is C19H12Cl2F4N4O3. The number of fused-ring (bicyclic) bond motifs is 1. The van der Waals surface area contributed by atoms with Crippen LogP contribution in [-0.4, -0.2) is 37.3 Å². The molecule has 0 unspecified atom stereocenters. The van der Waals surface area contributed by atoms with Crippen LogP contribution in [0.5, 0.6) is 5.75 Å². The highest BCUT2D eigenvalue weighted by Crippen LogP contribution is 2.35. The van der Waals surface area contributed by atoms with Crippen LogP contribution in [0.1, 0.15) is 12.5 Å². The molecule has 0 bridgehead atoms. The standard InChI is InChI=1S/C19H12Cl2F4N4O3/c1-8(7-30)31-15-4-11(20)10(3-13(15)22)16-27-18(32-28-16)14-6-29-5-9(19(23,24)25)2-12(21)17(29)26-14/h2-6,8,30H,7H2,1H3/t8-/m0/s1. The quantitative estimate of drug-likeness (QED) is 0.383. The Labute approximate surface area is 187 Å². The maximum Gasteiger partial charge on any atom is 0.417 e. The zero-order valence-corrected chi connectivity index (χ0v) is 17.5. The van der Waals surface area contributed by atoms with Crippen LogP contribution in [0, 0.1) is 5.82 Å². The van der Waals surface area contributed by atoms with Gasteiger partial charge in [-0.15, -0.1) is 0 Å². The molecule has 168 valence electrons. The average molecular weight is 491 g/mol. The topological polar surface area (TPSA) is 85.7 Å². The van der Waals surface area contributed by atoms with Crippen molar-refractivity contribution in [3.8, 4) is 28.7 Å². The lowest BCUT2D eigenvalue weighted by Crippen LogP contribution is -2.16. The molecule has 0 amide bonds. The molecule has 1 aromatic carbocycles. The van der Waals surface area contributed by atoms with E-state index in [1.807, 2.05) is 0 Å².